The lowest BCUT2D eigenvalue weighted by Crippen LogP contribution is -2.21. The van der Waals surface area contributed by atoms with Crippen LogP contribution in [0.15, 0.2) is 48.5 Å². The fourth-order valence-electron chi connectivity index (χ4n) is 2.89. The van der Waals surface area contributed by atoms with E-state index in [9.17, 15) is 14.4 Å². The third kappa shape index (κ3) is 5.46. The molecule has 0 aliphatic rings. The monoisotopic (exact) mass is 475 g/mol. The third-order valence-electron chi connectivity index (χ3n) is 4.47. The molecule has 1 aromatic heterocycles. The van der Waals surface area contributed by atoms with Gasteiger partial charge in [0.15, 0.2) is 6.61 Å². The highest BCUT2D eigenvalue weighted by molar-refractivity contribution is 6.33. The lowest BCUT2D eigenvalue weighted by molar-refractivity contribution is -0.119. The van der Waals surface area contributed by atoms with Crippen LogP contribution in [0.25, 0.3) is 0 Å². The Bertz CT molecular complexity index is 1160. The Hall–Kier alpha value is -3.36. The molecule has 3 aromatic rings. The Balaban J connectivity index is 1.61. The molecule has 1 heterocycles. The molecule has 2 aromatic carbocycles. The van der Waals surface area contributed by atoms with Crippen LogP contribution >= 0.6 is 23.2 Å². The molecule has 3 rings (SSSR count). The van der Waals surface area contributed by atoms with Gasteiger partial charge in [-0.1, -0.05) is 41.4 Å². The number of nitrogens with zero attached hydrogens (tertiary/aromatic N) is 2. The van der Waals surface area contributed by atoms with Crippen molar-refractivity contribution in [1.29, 1.82) is 0 Å². The molecule has 0 aliphatic carbocycles. The second-order valence-corrected chi connectivity index (χ2v) is 7.46. The first-order chi connectivity index (χ1) is 15.3. The molecular formula is C22H19Cl2N3O5. The van der Waals surface area contributed by atoms with Crippen molar-refractivity contribution in [3.8, 4) is 0 Å². The van der Waals surface area contributed by atoms with E-state index in [1.807, 2.05) is 18.2 Å². The van der Waals surface area contributed by atoms with Crippen molar-refractivity contribution in [2.45, 2.75) is 13.5 Å². The number of anilines is 1. The van der Waals surface area contributed by atoms with E-state index >= 15 is 0 Å². The van der Waals surface area contributed by atoms with Crippen molar-refractivity contribution in [2.75, 3.05) is 19.0 Å². The van der Waals surface area contributed by atoms with Crippen LogP contribution in [-0.4, -0.2) is 41.3 Å². The summed E-state index contributed by atoms with van der Waals surface area (Å²) in [5, 5.41) is 7.49. The van der Waals surface area contributed by atoms with Crippen LogP contribution in [0.3, 0.4) is 0 Å². The molecule has 0 unspecified atom stereocenters. The zero-order valence-corrected chi connectivity index (χ0v) is 18.7. The van der Waals surface area contributed by atoms with E-state index in [0.29, 0.717) is 22.0 Å². The molecule has 8 nitrogen and oxygen atoms in total. The summed E-state index contributed by atoms with van der Waals surface area (Å²) in [6.45, 7) is 1.37. The number of esters is 2. The third-order valence-corrected chi connectivity index (χ3v) is 5.22. The second-order valence-electron chi connectivity index (χ2n) is 6.69. The molecule has 0 atom stereocenters. The summed E-state index contributed by atoms with van der Waals surface area (Å²) in [6.07, 6.45) is 0. The number of hydrogen-bond donors (Lipinski definition) is 1. The van der Waals surface area contributed by atoms with E-state index in [4.69, 9.17) is 27.9 Å². The Kier molecular flexibility index (Phi) is 7.50. The van der Waals surface area contributed by atoms with Crippen molar-refractivity contribution < 1.29 is 23.9 Å². The molecule has 0 saturated heterocycles. The summed E-state index contributed by atoms with van der Waals surface area (Å²) >= 11 is 12.5. The minimum Gasteiger partial charge on any atom is -0.465 e. The predicted octanol–water partition coefficient (Wildman–Crippen LogP) is 4.13. The topological polar surface area (TPSA) is 99.5 Å². The SMILES string of the molecule is COC(=O)c1ccc(NC(=O)COC(=O)c2c(C)nn(Cc3ccccc3Cl)c2Cl)cc1. The normalized spacial score (nSPS) is 10.5. The number of aromatic nitrogens is 2. The van der Waals surface area contributed by atoms with Crippen molar-refractivity contribution in [2.24, 2.45) is 0 Å². The average Bonchev–Trinajstić information content (AvgIpc) is 3.06. The van der Waals surface area contributed by atoms with Gasteiger partial charge in [0.25, 0.3) is 5.91 Å². The quantitative estimate of drug-likeness (QED) is 0.515. The number of ether oxygens (including phenoxy) is 2. The second kappa shape index (κ2) is 10.3. The maximum Gasteiger partial charge on any atom is 0.343 e. The van der Waals surface area contributed by atoms with Crippen molar-refractivity contribution >= 4 is 46.7 Å². The van der Waals surface area contributed by atoms with Crippen LogP contribution in [0, 0.1) is 6.92 Å². The summed E-state index contributed by atoms with van der Waals surface area (Å²) in [5.74, 6) is -1.81. The number of amides is 1. The summed E-state index contributed by atoms with van der Waals surface area (Å²) in [7, 11) is 1.28. The van der Waals surface area contributed by atoms with Crippen LogP contribution in [0.1, 0.15) is 32.0 Å². The Morgan fingerprint density at radius 2 is 1.72 bits per heavy atom. The minimum atomic E-state index is -0.769. The van der Waals surface area contributed by atoms with Gasteiger partial charge in [0.05, 0.1) is 24.9 Å². The van der Waals surface area contributed by atoms with Gasteiger partial charge in [-0.15, -0.1) is 0 Å². The van der Waals surface area contributed by atoms with Crippen molar-refractivity contribution in [3.05, 3.63) is 81.1 Å². The van der Waals surface area contributed by atoms with E-state index in [1.54, 1.807) is 13.0 Å². The smallest absolute Gasteiger partial charge is 0.343 e. The summed E-state index contributed by atoms with van der Waals surface area (Å²) < 4.78 is 11.2. The van der Waals surface area contributed by atoms with Gasteiger partial charge in [0.2, 0.25) is 0 Å². The van der Waals surface area contributed by atoms with Crippen LogP contribution in [0.5, 0.6) is 0 Å². The molecule has 1 amide bonds. The summed E-state index contributed by atoms with van der Waals surface area (Å²) in [6, 6.07) is 13.3. The molecule has 32 heavy (non-hydrogen) atoms. The minimum absolute atomic E-state index is 0.0777. The molecule has 0 bridgehead atoms. The first-order valence-electron chi connectivity index (χ1n) is 9.41. The molecule has 0 saturated carbocycles. The first-order valence-corrected chi connectivity index (χ1v) is 10.2. The maximum atomic E-state index is 12.5. The van der Waals surface area contributed by atoms with E-state index in [0.717, 1.165) is 5.56 Å². The van der Waals surface area contributed by atoms with Crippen LogP contribution in [0.4, 0.5) is 5.69 Å². The molecule has 1 N–H and O–H groups in total. The molecule has 0 aliphatic heterocycles. The molecule has 0 radical (unpaired) electrons. The van der Waals surface area contributed by atoms with Gasteiger partial charge in [-0.2, -0.15) is 5.10 Å². The van der Waals surface area contributed by atoms with E-state index in [1.165, 1.54) is 36.1 Å². The highest BCUT2D eigenvalue weighted by Gasteiger charge is 2.23. The van der Waals surface area contributed by atoms with E-state index in [-0.39, 0.29) is 17.3 Å². The maximum absolute atomic E-state index is 12.5. The van der Waals surface area contributed by atoms with Gasteiger partial charge in [-0.3, -0.25) is 4.79 Å². The zero-order valence-electron chi connectivity index (χ0n) is 17.2. The highest BCUT2D eigenvalue weighted by atomic mass is 35.5. The van der Waals surface area contributed by atoms with Crippen molar-refractivity contribution in [3.63, 3.8) is 0 Å². The number of hydrogen-bond acceptors (Lipinski definition) is 6. The Labute approximate surface area is 194 Å². The number of benzene rings is 2. The van der Waals surface area contributed by atoms with E-state index in [2.05, 4.69) is 15.2 Å². The lowest BCUT2D eigenvalue weighted by Gasteiger charge is -2.08. The lowest BCUT2D eigenvalue weighted by atomic mass is 10.2. The number of carbonyl (C=O) groups excluding carboxylic acids is 3. The highest BCUT2D eigenvalue weighted by Crippen LogP contribution is 2.24. The van der Waals surface area contributed by atoms with Crippen molar-refractivity contribution in [1.82, 2.24) is 9.78 Å². The standard InChI is InChI=1S/C22H19Cl2N3O5/c1-13-19(20(24)27(26-13)11-15-5-3-4-6-17(15)23)22(30)32-12-18(28)25-16-9-7-14(8-10-16)21(29)31-2/h3-10H,11-12H2,1-2H3,(H,25,28). The van der Waals surface area contributed by atoms with Gasteiger partial charge in [-0.25, -0.2) is 14.3 Å². The van der Waals surface area contributed by atoms with Gasteiger partial charge in [-0.05, 0) is 42.8 Å². The number of halogens is 2. The Morgan fingerprint density at radius 3 is 2.38 bits per heavy atom. The van der Waals surface area contributed by atoms with Gasteiger partial charge in [0.1, 0.15) is 10.7 Å². The molecule has 166 valence electrons. The summed E-state index contributed by atoms with van der Waals surface area (Å²) in [4.78, 5) is 36.1. The fourth-order valence-corrected chi connectivity index (χ4v) is 3.39. The van der Waals surface area contributed by atoms with Gasteiger partial charge < -0.3 is 14.8 Å². The van der Waals surface area contributed by atoms with Gasteiger partial charge in [0, 0.05) is 10.7 Å². The molecular weight excluding hydrogens is 457 g/mol. The van der Waals surface area contributed by atoms with Gasteiger partial charge >= 0.3 is 11.9 Å². The number of methoxy groups -OCH3 is 1. The van der Waals surface area contributed by atoms with Crippen LogP contribution < -0.4 is 5.32 Å². The fraction of sp³-hybridized carbons (Fsp3) is 0.182. The number of carbonyl (C=O) groups is 3. The van der Waals surface area contributed by atoms with Crippen LogP contribution in [0.2, 0.25) is 10.2 Å². The number of nitrogens with one attached hydrogen (secondary N) is 1. The predicted molar refractivity (Wildman–Crippen MR) is 119 cm³/mol. The van der Waals surface area contributed by atoms with Crippen LogP contribution in [-0.2, 0) is 20.8 Å². The van der Waals surface area contributed by atoms with E-state index < -0.39 is 24.5 Å². The number of aryl methyl sites for hydroxylation is 1. The first kappa shape index (κ1) is 23.3. The largest absolute Gasteiger partial charge is 0.465 e. The Morgan fingerprint density at radius 1 is 1.03 bits per heavy atom. The molecule has 0 fully saturated rings. The molecule has 0 spiro atoms. The summed E-state index contributed by atoms with van der Waals surface area (Å²) in [5.41, 5.74) is 2.01. The number of rotatable bonds is 7. The molecule has 10 heteroatoms. The zero-order chi connectivity index (χ0) is 23.3. The average molecular weight is 476 g/mol.